The maximum atomic E-state index is 11.7. The van der Waals surface area contributed by atoms with Crippen LogP contribution in [-0.2, 0) is 16.5 Å². The Morgan fingerprint density at radius 3 is 2.00 bits per heavy atom. The molecule has 0 bridgehead atoms. The number of hydrogen-bond acceptors (Lipinski definition) is 4. The van der Waals surface area contributed by atoms with Crippen molar-refractivity contribution in [2.45, 2.75) is 88.9 Å². The van der Waals surface area contributed by atoms with E-state index in [4.69, 9.17) is 4.74 Å². The first-order chi connectivity index (χ1) is 14.9. The molecule has 0 radical (unpaired) electrons. The predicted molar refractivity (Wildman–Crippen MR) is 122 cm³/mol. The second-order valence-corrected chi connectivity index (χ2v) is 9.51. The minimum atomic E-state index is -4.43. The van der Waals surface area contributed by atoms with Crippen LogP contribution in [0.2, 0.25) is 0 Å². The fourth-order valence-electron chi connectivity index (χ4n) is 3.66. The van der Waals surface area contributed by atoms with Crippen LogP contribution in [0.15, 0.2) is 47.4 Å². The second-order valence-electron chi connectivity index (χ2n) is 8.12. The van der Waals surface area contributed by atoms with Gasteiger partial charge < -0.3 is 9.84 Å². The van der Waals surface area contributed by atoms with Gasteiger partial charge >= 0.3 is 51.4 Å². The molecule has 0 heterocycles. The largest absolute Gasteiger partial charge is 1.00 e. The fraction of sp³-hybridized carbons (Fsp3) is 0.520. The van der Waals surface area contributed by atoms with Crippen molar-refractivity contribution in [2.24, 2.45) is 0 Å². The standard InChI is InChI=1S/C25H36O5S.K/c1-2-3-4-5-6-7-8-9-10-11-12-14-21-17-18-25(31(27,28)29)24(19-21)30-23-16-13-15-22(26)20-23;/h13,15-20,26H,2-12,14H2,1H3,(H,27,28,29);/q;+1/p-1. The van der Waals surface area contributed by atoms with Crippen LogP contribution in [0.4, 0.5) is 0 Å². The summed E-state index contributed by atoms with van der Waals surface area (Å²) in [5.74, 6) is 0.0425. The summed E-state index contributed by atoms with van der Waals surface area (Å²) in [6.45, 7) is 2.24. The number of ether oxygens (including phenoxy) is 1. The molecule has 0 unspecified atom stereocenters. The summed E-state index contributed by atoms with van der Waals surface area (Å²) in [4.78, 5) is -0.300. The Balaban J connectivity index is 0.00000512. The molecule has 0 spiro atoms. The third-order valence-electron chi connectivity index (χ3n) is 5.39. The van der Waals surface area contributed by atoms with Crippen LogP contribution < -0.4 is 61.2 Å². The van der Waals surface area contributed by atoms with Gasteiger partial charge in [-0.15, -0.1) is 5.75 Å². The number of benzene rings is 2. The summed E-state index contributed by atoms with van der Waals surface area (Å²) in [5.41, 5.74) is 0.941. The van der Waals surface area contributed by atoms with Crippen molar-refractivity contribution in [3.05, 3.63) is 48.0 Å². The SMILES string of the molecule is CCCCCCCCCCCCCc1ccc(S(=O)(=O)O)c(Oc2cccc([O-])c2)c1.[K+]. The van der Waals surface area contributed by atoms with Gasteiger partial charge in [-0.1, -0.05) is 89.3 Å². The molecule has 0 aliphatic carbocycles. The van der Waals surface area contributed by atoms with Gasteiger partial charge in [0.05, 0.1) is 0 Å². The monoisotopic (exact) mass is 486 g/mol. The fourth-order valence-corrected chi connectivity index (χ4v) is 4.25. The van der Waals surface area contributed by atoms with Crippen LogP contribution in [0.25, 0.3) is 0 Å². The van der Waals surface area contributed by atoms with Crippen LogP contribution in [-0.4, -0.2) is 13.0 Å². The maximum absolute atomic E-state index is 11.7. The molecule has 0 saturated carbocycles. The first-order valence-electron chi connectivity index (χ1n) is 11.5. The van der Waals surface area contributed by atoms with Gasteiger partial charge in [-0.25, -0.2) is 0 Å². The van der Waals surface area contributed by atoms with Crippen molar-refractivity contribution in [2.75, 3.05) is 0 Å². The molecule has 7 heteroatoms. The Kier molecular flexibility index (Phi) is 15.0. The molecule has 2 rings (SSSR count). The van der Waals surface area contributed by atoms with Crippen molar-refractivity contribution >= 4 is 10.1 Å². The van der Waals surface area contributed by atoms with Gasteiger partial charge in [0.1, 0.15) is 16.4 Å². The van der Waals surface area contributed by atoms with Gasteiger partial charge in [-0.3, -0.25) is 4.55 Å². The molecule has 0 amide bonds. The third kappa shape index (κ3) is 11.6. The van der Waals surface area contributed by atoms with E-state index in [0.29, 0.717) is 0 Å². The van der Waals surface area contributed by atoms with E-state index >= 15 is 0 Å². The van der Waals surface area contributed by atoms with Crippen LogP contribution in [0, 0.1) is 0 Å². The molecule has 0 fully saturated rings. The van der Waals surface area contributed by atoms with Crippen molar-refractivity contribution in [1.82, 2.24) is 0 Å². The quantitative estimate of drug-likeness (QED) is 0.236. The van der Waals surface area contributed by atoms with E-state index in [0.717, 1.165) is 24.8 Å². The van der Waals surface area contributed by atoms with E-state index in [-0.39, 0.29) is 73.5 Å². The number of aryl methyl sites for hydroxylation is 1. The van der Waals surface area contributed by atoms with Crippen molar-refractivity contribution in [1.29, 1.82) is 0 Å². The zero-order valence-electron chi connectivity index (χ0n) is 19.5. The van der Waals surface area contributed by atoms with Gasteiger partial charge in [-0.2, -0.15) is 8.42 Å². The zero-order valence-corrected chi connectivity index (χ0v) is 23.5. The number of hydrogen-bond donors (Lipinski definition) is 1. The van der Waals surface area contributed by atoms with E-state index in [1.165, 1.54) is 76.0 Å². The average Bonchev–Trinajstić information content (AvgIpc) is 2.71. The predicted octanol–water partition coefficient (Wildman–Crippen LogP) is 3.66. The molecule has 0 aliphatic heterocycles. The Hall–Kier alpha value is -0.414. The molecule has 2 aromatic rings. The van der Waals surface area contributed by atoms with Gasteiger partial charge in [0, 0.05) is 0 Å². The Morgan fingerprint density at radius 1 is 0.844 bits per heavy atom. The zero-order chi connectivity index (χ0) is 22.5. The summed E-state index contributed by atoms with van der Waals surface area (Å²) in [6.07, 6.45) is 14.7. The van der Waals surface area contributed by atoms with Gasteiger partial charge in [-0.05, 0) is 42.7 Å². The van der Waals surface area contributed by atoms with E-state index in [1.54, 1.807) is 24.3 Å². The molecule has 32 heavy (non-hydrogen) atoms. The smallest absolute Gasteiger partial charge is 0.872 e. The van der Waals surface area contributed by atoms with Crippen LogP contribution in [0.3, 0.4) is 0 Å². The Bertz CT molecular complexity index is 899. The summed E-state index contributed by atoms with van der Waals surface area (Å²) in [6, 6.07) is 10.5. The van der Waals surface area contributed by atoms with Gasteiger partial charge in [0.2, 0.25) is 0 Å². The molecule has 172 valence electrons. The first-order valence-corrected chi connectivity index (χ1v) is 12.9. The summed E-state index contributed by atoms with van der Waals surface area (Å²) < 4.78 is 38.5. The topological polar surface area (TPSA) is 86.7 Å². The molecular weight excluding hydrogens is 451 g/mol. The minimum Gasteiger partial charge on any atom is -0.872 e. The summed E-state index contributed by atoms with van der Waals surface area (Å²) >= 11 is 0. The normalized spacial score (nSPS) is 11.2. The summed E-state index contributed by atoms with van der Waals surface area (Å²) in [5, 5.41) is 11.5. The van der Waals surface area contributed by atoms with Crippen LogP contribution in [0.5, 0.6) is 17.2 Å². The molecular formula is C25H35KO5S. The minimum absolute atomic E-state index is 0. The number of unbranched alkanes of at least 4 members (excludes halogenated alkanes) is 10. The van der Waals surface area contributed by atoms with E-state index in [2.05, 4.69) is 6.92 Å². The van der Waals surface area contributed by atoms with Gasteiger partial charge in [0.25, 0.3) is 10.1 Å². The Morgan fingerprint density at radius 2 is 1.44 bits per heavy atom. The van der Waals surface area contributed by atoms with Crippen molar-refractivity contribution < 1.29 is 74.2 Å². The molecule has 0 atom stereocenters. The molecule has 0 aromatic heterocycles. The molecule has 5 nitrogen and oxygen atoms in total. The van der Waals surface area contributed by atoms with Gasteiger partial charge in [0.15, 0.2) is 0 Å². The molecule has 2 aromatic carbocycles. The third-order valence-corrected chi connectivity index (χ3v) is 6.28. The second kappa shape index (κ2) is 16.3. The van der Waals surface area contributed by atoms with Crippen molar-refractivity contribution in [3.8, 4) is 17.2 Å². The van der Waals surface area contributed by atoms with E-state index in [9.17, 15) is 18.1 Å². The first kappa shape index (κ1) is 29.6. The molecule has 0 saturated heterocycles. The Labute approximate surface area is 236 Å². The van der Waals surface area contributed by atoms with Crippen LogP contribution in [0.1, 0.15) is 83.1 Å². The number of rotatable bonds is 15. The van der Waals surface area contributed by atoms with Crippen LogP contribution >= 0.6 is 0 Å². The van der Waals surface area contributed by atoms with E-state index < -0.39 is 10.1 Å². The molecule has 0 aliphatic rings. The van der Waals surface area contributed by atoms with Crippen molar-refractivity contribution in [3.63, 3.8) is 0 Å². The molecule has 1 N–H and O–H groups in total. The summed E-state index contributed by atoms with van der Waals surface area (Å²) in [7, 11) is -4.43. The van der Waals surface area contributed by atoms with E-state index in [1.807, 2.05) is 0 Å². The average molecular weight is 487 g/mol. The maximum Gasteiger partial charge on any atom is 1.00 e.